The van der Waals surface area contributed by atoms with Crippen LogP contribution < -0.4 is 11.1 Å². The molecule has 0 aromatic carbocycles. The molecular formula is C13H23N3O5. The third-order valence-corrected chi connectivity index (χ3v) is 3.36. The number of rotatable bonds is 7. The molecule has 8 nitrogen and oxygen atoms in total. The second-order valence-corrected chi connectivity index (χ2v) is 5.26. The highest BCUT2D eigenvalue weighted by Crippen LogP contribution is 2.21. The Balaban J connectivity index is 2.58. The van der Waals surface area contributed by atoms with Crippen LogP contribution in [-0.4, -0.2) is 60.3 Å². The molecule has 0 radical (unpaired) electrons. The van der Waals surface area contributed by atoms with Crippen molar-refractivity contribution < 1.29 is 24.2 Å². The maximum Gasteiger partial charge on any atom is 0.407 e. The van der Waals surface area contributed by atoms with Gasteiger partial charge in [-0.05, 0) is 25.7 Å². The lowest BCUT2D eigenvalue weighted by Gasteiger charge is -2.37. The zero-order chi connectivity index (χ0) is 15.8. The molecule has 1 heterocycles. The highest BCUT2D eigenvalue weighted by atomic mass is 16.5. The second-order valence-electron chi connectivity index (χ2n) is 5.26. The number of hydrogen-bond acceptors (Lipinski definition) is 5. The van der Waals surface area contributed by atoms with Gasteiger partial charge in [0.25, 0.3) is 0 Å². The Hall–Kier alpha value is -1.83. The van der Waals surface area contributed by atoms with E-state index >= 15 is 0 Å². The fourth-order valence-electron chi connectivity index (χ4n) is 2.63. The van der Waals surface area contributed by atoms with Crippen molar-refractivity contribution in [2.75, 3.05) is 26.2 Å². The number of alkyl carbamates (subject to hydrolysis) is 1. The molecule has 0 aromatic heterocycles. The normalized spacial score (nSPS) is 22.5. The molecule has 0 spiro atoms. The average Bonchev–Trinajstić information content (AvgIpc) is 2.35. The SMILES string of the molecule is CCOC(=O)NC1CC(CCC(=O)O)CN(CC(N)=O)C1. The van der Waals surface area contributed by atoms with Gasteiger partial charge in [0, 0.05) is 25.6 Å². The van der Waals surface area contributed by atoms with Gasteiger partial charge in [0.05, 0.1) is 13.2 Å². The van der Waals surface area contributed by atoms with Crippen molar-refractivity contribution in [1.82, 2.24) is 10.2 Å². The summed E-state index contributed by atoms with van der Waals surface area (Å²) in [6, 6.07) is -0.170. The highest BCUT2D eigenvalue weighted by Gasteiger charge is 2.29. The number of carbonyl (C=O) groups excluding carboxylic acids is 2. The quantitative estimate of drug-likeness (QED) is 0.597. The molecule has 0 bridgehead atoms. The van der Waals surface area contributed by atoms with E-state index in [4.69, 9.17) is 15.6 Å². The summed E-state index contributed by atoms with van der Waals surface area (Å²) in [4.78, 5) is 35.0. The van der Waals surface area contributed by atoms with Crippen molar-refractivity contribution in [3.05, 3.63) is 0 Å². The van der Waals surface area contributed by atoms with Crippen LogP contribution in [0.3, 0.4) is 0 Å². The third-order valence-electron chi connectivity index (χ3n) is 3.36. The van der Waals surface area contributed by atoms with E-state index in [0.717, 1.165) is 0 Å². The van der Waals surface area contributed by atoms with Gasteiger partial charge in [-0.25, -0.2) is 4.79 Å². The van der Waals surface area contributed by atoms with Crippen LogP contribution in [0.2, 0.25) is 0 Å². The number of carboxylic acids is 1. The van der Waals surface area contributed by atoms with E-state index in [1.807, 2.05) is 4.90 Å². The van der Waals surface area contributed by atoms with Gasteiger partial charge in [-0.2, -0.15) is 0 Å². The van der Waals surface area contributed by atoms with Crippen LogP contribution in [0.5, 0.6) is 0 Å². The molecule has 21 heavy (non-hydrogen) atoms. The monoisotopic (exact) mass is 301 g/mol. The van der Waals surface area contributed by atoms with Crippen molar-refractivity contribution in [1.29, 1.82) is 0 Å². The van der Waals surface area contributed by atoms with Crippen LogP contribution in [0.15, 0.2) is 0 Å². The van der Waals surface area contributed by atoms with Gasteiger partial charge in [-0.1, -0.05) is 0 Å². The minimum absolute atomic E-state index is 0.0706. The predicted octanol–water partition coefficient (Wildman–Crippen LogP) is -0.227. The lowest BCUT2D eigenvalue weighted by Crippen LogP contribution is -2.52. The fraction of sp³-hybridized carbons (Fsp3) is 0.769. The van der Waals surface area contributed by atoms with E-state index in [9.17, 15) is 14.4 Å². The second kappa shape index (κ2) is 8.46. The van der Waals surface area contributed by atoms with Crippen molar-refractivity contribution in [2.45, 2.75) is 32.2 Å². The summed E-state index contributed by atoms with van der Waals surface area (Å²) in [5.41, 5.74) is 5.20. The molecule has 1 fully saturated rings. The fourth-order valence-corrected chi connectivity index (χ4v) is 2.63. The molecule has 0 aromatic rings. The standard InChI is InChI=1S/C13H23N3O5/c1-2-21-13(20)15-10-5-9(3-4-12(18)19)6-16(7-10)8-11(14)17/h9-10H,2-8H2,1H3,(H2,14,17)(H,15,20)(H,18,19). The number of carbonyl (C=O) groups is 3. The molecule has 8 heteroatoms. The lowest BCUT2D eigenvalue weighted by atomic mass is 9.90. The topological polar surface area (TPSA) is 122 Å². The third kappa shape index (κ3) is 6.94. The molecule has 1 aliphatic rings. The minimum Gasteiger partial charge on any atom is -0.481 e. The number of nitrogens with two attached hydrogens (primary N) is 1. The Morgan fingerprint density at radius 2 is 2.10 bits per heavy atom. The lowest BCUT2D eigenvalue weighted by molar-refractivity contribution is -0.137. The van der Waals surface area contributed by atoms with E-state index in [2.05, 4.69) is 5.32 Å². The van der Waals surface area contributed by atoms with Crippen molar-refractivity contribution in [2.24, 2.45) is 11.7 Å². The zero-order valence-electron chi connectivity index (χ0n) is 12.2. The minimum atomic E-state index is -0.850. The van der Waals surface area contributed by atoms with E-state index in [1.165, 1.54) is 0 Å². The molecule has 0 aliphatic carbocycles. The first-order chi connectivity index (χ1) is 9.90. The molecule has 2 amide bonds. The number of nitrogens with one attached hydrogen (secondary N) is 1. The first-order valence-corrected chi connectivity index (χ1v) is 7.06. The van der Waals surface area contributed by atoms with Crippen LogP contribution in [0, 0.1) is 5.92 Å². The number of primary amides is 1. The molecule has 2 unspecified atom stereocenters. The number of likely N-dealkylation sites (tertiary alicyclic amines) is 1. The highest BCUT2D eigenvalue weighted by molar-refractivity contribution is 5.76. The van der Waals surface area contributed by atoms with E-state index < -0.39 is 18.0 Å². The van der Waals surface area contributed by atoms with Gasteiger partial charge in [0.15, 0.2) is 0 Å². The molecule has 1 rings (SSSR count). The van der Waals surface area contributed by atoms with Gasteiger partial charge in [0.2, 0.25) is 5.91 Å². The Labute approximate surface area is 123 Å². The molecule has 1 saturated heterocycles. The summed E-state index contributed by atoms with van der Waals surface area (Å²) in [7, 11) is 0. The number of carboxylic acid groups (broad SMARTS) is 1. The van der Waals surface area contributed by atoms with Crippen LogP contribution in [-0.2, 0) is 14.3 Å². The van der Waals surface area contributed by atoms with Gasteiger partial charge >= 0.3 is 12.1 Å². The van der Waals surface area contributed by atoms with Gasteiger partial charge < -0.3 is 20.9 Å². The van der Waals surface area contributed by atoms with Gasteiger partial charge in [0.1, 0.15) is 0 Å². The Morgan fingerprint density at radius 3 is 2.67 bits per heavy atom. The van der Waals surface area contributed by atoms with Crippen molar-refractivity contribution in [3.8, 4) is 0 Å². The molecule has 4 N–H and O–H groups in total. The number of amides is 2. The summed E-state index contributed by atoms with van der Waals surface area (Å²) in [6.07, 6.45) is 0.745. The van der Waals surface area contributed by atoms with Crippen molar-refractivity contribution in [3.63, 3.8) is 0 Å². The number of nitrogens with zero attached hydrogens (tertiary/aromatic N) is 1. The summed E-state index contributed by atoms with van der Waals surface area (Å²) < 4.78 is 4.84. The van der Waals surface area contributed by atoms with Crippen LogP contribution in [0.4, 0.5) is 4.79 Å². The maximum atomic E-state index is 11.5. The van der Waals surface area contributed by atoms with E-state index in [1.54, 1.807) is 6.92 Å². The zero-order valence-corrected chi connectivity index (χ0v) is 12.2. The average molecular weight is 301 g/mol. The summed E-state index contributed by atoms with van der Waals surface area (Å²) in [5, 5.41) is 11.5. The van der Waals surface area contributed by atoms with E-state index in [0.29, 0.717) is 25.9 Å². The molecule has 120 valence electrons. The number of ether oxygens (including phenoxy) is 1. The van der Waals surface area contributed by atoms with Crippen LogP contribution in [0.1, 0.15) is 26.2 Å². The predicted molar refractivity (Wildman–Crippen MR) is 74.6 cm³/mol. The number of aliphatic carboxylic acids is 1. The molecule has 1 aliphatic heterocycles. The Morgan fingerprint density at radius 1 is 1.38 bits per heavy atom. The van der Waals surface area contributed by atoms with E-state index in [-0.39, 0.29) is 31.5 Å². The Bertz CT molecular complexity index is 388. The molecule has 0 saturated carbocycles. The van der Waals surface area contributed by atoms with Crippen LogP contribution in [0.25, 0.3) is 0 Å². The first-order valence-electron chi connectivity index (χ1n) is 7.06. The smallest absolute Gasteiger partial charge is 0.407 e. The van der Waals surface area contributed by atoms with Gasteiger partial charge in [-0.3, -0.25) is 14.5 Å². The molecular weight excluding hydrogens is 278 g/mol. The Kier molecular flexibility index (Phi) is 6.93. The van der Waals surface area contributed by atoms with Crippen LogP contribution >= 0.6 is 0 Å². The van der Waals surface area contributed by atoms with Gasteiger partial charge in [-0.15, -0.1) is 0 Å². The molecule has 2 atom stereocenters. The summed E-state index contributed by atoms with van der Waals surface area (Å²) >= 11 is 0. The number of hydrogen-bond donors (Lipinski definition) is 3. The largest absolute Gasteiger partial charge is 0.481 e. The maximum absolute atomic E-state index is 11.5. The summed E-state index contributed by atoms with van der Waals surface area (Å²) in [6.45, 7) is 3.22. The van der Waals surface area contributed by atoms with Crippen molar-refractivity contribution >= 4 is 18.0 Å². The summed E-state index contributed by atoms with van der Waals surface area (Å²) in [5.74, 6) is -1.19. The number of piperidine rings is 1. The first kappa shape index (κ1) is 17.2.